The van der Waals surface area contributed by atoms with E-state index in [1.54, 1.807) is 4.57 Å². The number of anilines is 1. The molecule has 0 radical (unpaired) electrons. The molecule has 152 valence electrons. The van der Waals surface area contributed by atoms with Crippen LogP contribution in [-0.2, 0) is 6.54 Å². The Kier molecular flexibility index (Phi) is 5.05. The summed E-state index contributed by atoms with van der Waals surface area (Å²) >= 11 is 0. The van der Waals surface area contributed by atoms with Crippen molar-refractivity contribution in [2.45, 2.75) is 32.2 Å². The minimum absolute atomic E-state index is 0.0365. The molecule has 6 heteroatoms. The van der Waals surface area contributed by atoms with Gasteiger partial charge < -0.3 is 4.90 Å². The van der Waals surface area contributed by atoms with Crippen molar-refractivity contribution in [1.29, 1.82) is 0 Å². The van der Waals surface area contributed by atoms with Crippen LogP contribution in [0.5, 0.6) is 0 Å². The fraction of sp³-hybridized carbons (Fsp3) is 0.292. The third kappa shape index (κ3) is 3.38. The highest BCUT2D eigenvalue weighted by Crippen LogP contribution is 2.22. The average Bonchev–Trinajstić information content (AvgIpc) is 3.04. The van der Waals surface area contributed by atoms with Crippen LogP contribution in [0.15, 0.2) is 65.5 Å². The molecule has 5 rings (SSSR count). The van der Waals surface area contributed by atoms with Gasteiger partial charge in [-0.15, -0.1) is 10.2 Å². The lowest BCUT2D eigenvalue weighted by Crippen LogP contribution is -2.28. The third-order valence-corrected chi connectivity index (χ3v) is 5.78. The van der Waals surface area contributed by atoms with Gasteiger partial charge in [0.1, 0.15) is 0 Å². The van der Waals surface area contributed by atoms with E-state index < -0.39 is 0 Å². The van der Waals surface area contributed by atoms with Crippen molar-refractivity contribution in [2.75, 3.05) is 18.0 Å². The first-order chi connectivity index (χ1) is 14.8. The Labute approximate surface area is 175 Å². The summed E-state index contributed by atoms with van der Waals surface area (Å²) in [6.07, 6.45) is 8.86. The first-order valence-corrected chi connectivity index (χ1v) is 10.7. The lowest BCUT2D eigenvalue weighted by atomic mass is 10.2. The van der Waals surface area contributed by atoms with E-state index in [4.69, 9.17) is 0 Å². The molecule has 0 amide bonds. The van der Waals surface area contributed by atoms with Crippen LogP contribution in [0.25, 0.3) is 22.8 Å². The molecule has 4 aromatic rings. The van der Waals surface area contributed by atoms with Crippen molar-refractivity contribution in [3.05, 3.63) is 76.6 Å². The number of benzene rings is 2. The molecule has 1 fully saturated rings. The lowest BCUT2D eigenvalue weighted by molar-refractivity contribution is 0.726. The Morgan fingerprint density at radius 2 is 1.60 bits per heavy atom. The Morgan fingerprint density at radius 3 is 2.40 bits per heavy atom. The maximum absolute atomic E-state index is 13.3. The van der Waals surface area contributed by atoms with Crippen molar-refractivity contribution in [3.63, 3.8) is 0 Å². The van der Waals surface area contributed by atoms with Crippen molar-refractivity contribution >= 4 is 28.7 Å². The summed E-state index contributed by atoms with van der Waals surface area (Å²) in [6, 6.07) is 17.9. The Balaban J connectivity index is 1.64. The number of nitrogens with zero attached hydrogens (tertiary/aromatic N) is 5. The van der Waals surface area contributed by atoms with Crippen LogP contribution in [0.3, 0.4) is 0 Å². The maximum atomic E-state index is 13.3. The second kappa shape index (κ2) is 8.14. The number of rotatable bonds is 4. The summed E-state index contributed by atoms with van der Waals surface area (Å²) in [4.78, 5) is 15.6. The standard InChI is InChI=1S/C24H25N5O/c30-22-20-14-6-7-15-21(20)29-23(27-16-8-1-2-9-17-27)25-26-24(29)28(22)18-10-13-19-11-4-3-5-12-19/h3-7,10-15H,1-2,8-9,16-18H2/b13-10+. The quantitative estimate of drug-likeness (QED) is 0.518. The molecule has 3 heterocycles. The summed E-state index contributed by atoms with van der Waals surface area (Å²) in [5.41, 5.74) is 1.93. The summed E-state index contributed by atoms with van der Waals surface area (Å²) in [6.45, 7) is 2.39. The molecule has 0 unspecified atom stereocenters. The molecule has 0 bridgehead atoms. The van der Waals surface area contributed by atoms with Gasteiger partial charge in [-0.25, -0.2) is 4.40 Å². The molecule has 0 N–H and O–H groups in total. The first kappa shape index (κ1) is 18.6. The zero-order chi connectivity index (χ0) is 20.3. The van der Waals surface area contributed by atoms with E-state index in [0.29, 0.717) is 17.7 Å². The fourth-order valence-electron chi connectivity index (χ4n) is 4.24. The van der Waals surface area contributed by atoms with Crippen LogP contribution in [-0.4, -0.2) is 32.3 Å². The van der Waals surface area contributed by atoms with Crippen LogP contribution < -0.4 is 10.5 Å². The van der Waals surface area contributed by atoms with Gasteiger partial charge in [0, 0.05) is 19.6 Å². The third-order valence-electron chi connectivity index (χ3n) is 5.78. The van der Waals surface area contributed by atoms with Crippen molar-refractivity contribution in [2.24, 2.45) is 0 Å². The average molecular weight is 399 g/mol. The number of aromatic nitrogens is 4. The van der Waals surface area contributed by atoms with Gasteiger partial charge in [-0.3, -0.25) is 9.36 Å². The fourth-order valence-corrected chi connectivity index (χ4v) is 4.24. The van der Waals surface area contributed by atoms with Gasteiger partial charge in [0.15, 0.2) is 0 Å². The summed E-state index contributed by atoms with van der Waals surface area (Å²) < 4.78 is 3.77. The molecule has 1 aliphatic heterocycles. The summed E-state index contributed by atoms with van der Waals surface area (Å²) in [5.74, 6) is 1.43. The number of fused-ring (bicyclic) bond motifs is 3. The first-order valence-electron chi connectivity index (χ1n) is 10.7. The molecule has 1 saturated heterocycles. The molecule has 2 aromatic heterocycles. The summed E-state index contributed by atoms with van der Waals surface area (Å²) in [5, 5.41) is 9.68. The highest BCUT2D eigenvalue weighted by atomic mass is 16.1. The molecule has 0 spiro atoms. The predicted octanol–water partition coefficient (Wildman–Crippen LogP) is 4.14. The highest BCUT2D eigenvalue weighted by Gasteiger charge is 2.20. The van der Waals surface area contributed by atoms with Crippen molar-refractivity contribution in [3.8, 4) is 0 Å². The normalized spacial score (nSPS) is 15.3. The number of hydrogen-bond donors (Lipinski definition) is 0. The molecule has 30 heavy (non-hydrogen) atoms. The Bertz CT molecular complexity index is 1250. The topological polar surface area (TPSA) is 55.4 Å². The molecular formula is C24H25N5O. The van der Waals surface area contributed by atoms with Crippen molar-refractivity contribution < 1.29 is 0 Å². The van der Waals surface area contributed by atoms with Crippen LogP contribution in [0.1, 0.15) is 31.2 Å². The molecule has 1 aliphatic rings. The SMILES string of the molecule is O=c1c2ccccc2n2c(N3CCCCCC3)nnc2n1C/C=C/c1ccccc1. The van der Waals surface area contributed by atoms with Gasteiger partial charge in [0.05, 0.1) is 10.9 Å². The van der Waals surface area contributed by atoms with Gasteiger partial charge in [0.25, 0.3) is 5.56 Å². The van der Waals surface area contributed by atoms with E-state index in [0.717, 1.165) is 43.0 Å². The minimum atomic E-state index is -0.0365. The van der Waals surface area contributed by atoms with Gasteiger partial charge in [0.2, 0.25) is 11.7 Å². The Hall–Kier alpha value is -3.41. The zero-order valence-electron chi connectivity index (χ0n) is 16.9. The van der Waals surface area contributed by atoms with E-state index in [9.17, 15) is 4.79 Å². The smallest absolute Gasteiger partial charge is 0.263 e. The maximum Gasteiger partial charge on any atom is 0.263 e. The monoisotopic (exact) mass is 399 g/mol. The molecule has 0 saturated carbocycles. The molecular weight excluding hydrogens is 374 g/mol. The van der Waals surface area contributed by atoms with Gasteiger partial charge >= 0.3 is 0 Å². The second-order valence-corrected chi connectivity index (χ2v) is 7.78. The van der Waals surface area contributed by atoms with Crippen LogP contribution in [0, 0.1) is 0 Å². The van der Waals surface area contributed by atoms with E-state index >= 15 is 0 Å². The Morgan fingerprint density at radius 1 is 0.867 bits per heavy atom. The van der Waals surface area contributed by atoms with Crippen LogP contribution in [0.2, 0.25) is 0 Å². The number of hydrogen-bond acceptors (Lipinski definition) is 4. The van der Waals surface area contributed by atoms with Crippen LogP contribution >= 0.6 is 0 Å². The number of allylic oxidation sites excluding steroid dienone is 1. The van der Waals surface area contributed by atoms with Crippen molar-refractivity contribution in [1.82, 2.24) is 19.2 Å². The van der Waals surface area contributed by atoms with Crippen LogP contribution in [0.4, 0.5) is 5.95 Å². The highest BCUT2D eigenvalue weighted by molar-refractivity contribution is 5.81. The molecule has 6 nitrogen and oxygen atoms in total. The van der Waals surface area contributed by atoms with Gasteiger partial charge in [-0.1, -0.05) is 67.5 Å². The zero-order valence-corrected chi connectivity index (χ0v) is 16.9. The van der Waals surface area contributed by atoms with Gasteiger partial charge in [-0.2, -0.15) is 0 Å². The molecule has 2 aromatic carbocycles. The van der Waals surface area contributed by atoms with E-state index in [1.807, 2.05) is 66.7 Å². The van der Waals surface area contributed by atoms with E-state index in [1.165, 1.54) is 12.8 Å². The predicted molar refractivity (Wildman–Crippen MR) is 121 cm³/mol. The lowest BCUT2D eigenvalue weighted by Gasteiger charge is -2.20. The molecule has 0 atom stereocenters. The van der Waals surface area contributed by atoms with E-state index in [-0.39, 0.29) is 5.56 Å². The largest absolute Gasteiger partial charge is 0.341 e. The van der Waals surface area contributed by atoms with Gasteiger partial charge in [-0.05, 0) is 30.5 Å². The summed E-state index contributed by atoms with van der Waals surface area (Å²) in [7, 11) is 0. The molecule has 0 aliphatic carbocycles. The number of para-hydroxylation sites is 1. The minimum Gasteiger partial charge on any atom is -0.341 e. The van der Waals surface area contributed by atoms with E-state index in [2.05, 4.69) is 19.5 Å². The second-order valence-electron chi connectivity index (χ2n) is 7.78.